The van der Waals surface area contributed by atoms with Gasteiger partial charge in [0.2, 0.25) is 11.8 Å². The quantitative estimate of drug-likeness (QED) is 0.725. The fourth-order valence-corrected chi connectivity index (χ4v) is 2.63. The number of fused-ring (bicyclic) bond motifs is 1. The molecule has 2 aliphatic rings. The molecule has 0 aromatic rings. The van der Waals surface area contributed by atoms with Gasteiger partial charge in [0.25, 0.3) is 0 Å². The fourth-order valence-electron chi connectivity index (χ4n) is 2.63. The Hall–Kier alpha value is -1.10. The van der Waals surface area contributed by atoms with Gasteiger partial charge in [-0.3, -0.25) is 9.59 Å². The number of hydrogen-bond acceptors (Lipinski definition) is 3. The Morgan fingerprint density at radius 3 is 2.67 bits per heavy atom. The van der Waals surface area contributed by atoms with E-state index >= 15 is 0 Å². The van der Waals surface area contributed by atoms with Gasteiger partial charge < -0.3 is 15.5 Å². The first-order chi connectivity index (χ1) is 8.30. The zero-order chi connectivity index (χ0) is 13.5. The molecule has 1 unspecified atom stereocenters. The molecule has 2 amide bonds. The van der Waals surface area contributed by atoms with Crippen LogP contribution in [0.2, 0.25) is 0 Å². The highest BCUT2D eigenvalue weighted by molar-refractivity contribution is 5.83. The minimum absolute atomic E-state index is 0.0153. The molecule has 102 valence electrons. The normalized spacial score (nSPS) is 26.2. The third kappa shape index (κ3) is 2.36. The Labute approximate surface area is 108 Å². The summed E-state index contributed by atoms with van der Waals surface area (Å²) in [6.07, 6.45) is 1.49. The summed E-state index contributed by atoms with van der Waals surface area (Å²) in [6, 6.07) is -0.261. The molecular weight excluding hydrogens is 230 g/mol. The van der Waals surface area contributed by atoms with Gasteiger partial charge >= 0.3 is 0 Å². The predicted molar refractivity (Wildman–Crippen MR) is 68.7 cm³/mol. The minimum atomic E-state index is -0.471. The van der Waals surface area contributed by atoms with Gasteiger partial charge in [0.15, 0.2) is 0 Å². The molecule has 2 rings (SSSR count). The van der Waals surface area contributed by atoms with Crippen LogP contribution in [0.5, 0.6) is 0 Å². The van der Waals surface area contributed by atoms with Crippen molar-refractivity contribution in [2.75, 3.05) is 19.6 Å². The fraction of sp³-hybridized carbons (Fsp3) is 0.846. The van der Waals surface area contributed by atoms with Crippen LogP contribution in [0.4, 0.5) is 0 Å². The van der Waals surface area contributed by atoms with Crippen LogP contribution in [0.15, 0.2) is 0 Å². The predicted octanol–water partition coefficient (Wildman–Crippen LogP) is 0.193. The van der Waals surface area contributed by atoms with E-state index in [0.717, 1.165) is 6.42 Å². The van der Waals surface area contributed by atoms with Crippen molar-refractivity contribution in [2.24, 2.45) is 11.1 Å². The molecule has 18 heavy (non-hydrogen) atoms. The van der Waals surface area contributed by atoms with Crippen molar-refractivity contribution in [3.8, 4) is 0 Å². The summed E-state index contributed by atoms with van der Waals surface area (Å²) >= 11 is 0. The third-order valence-electron chi connectivity index (χ3n) is 4.01. The van der Waals surface area contributed by atoms with Crippen LogP contribution in [-0.2, 0) is 9.59 Å². The molecule has 5 heteroatoms. The van der Waals surface area contributed by atoms with Crippen molar-refractivity contribution < 1.29 is 9.59 Å². The smallest absolute Gasteiger partial charge is 0.240 e. The second kappa shape index (κ2) is 4.53. The Morgan fingerprint density at radius 1 is 1.39 bits per heavy atom. The summed E-state index contributed by atoms with van der Waals surface area (Å²) < 4.78 is 0. The van der Waals surface area contributed by atoms with Crippen molar-refractivity contribution in [1.82, 2.24) is 9.80 Å². The van der Waals surface area contributed by atoms with E-state index in [-0.39, 0.29) is 23.3 Å². The second-order valence-electron chi connectivity index (χ2n) is 6.41. The molecule has 0 aliphatic carbocycles. The molecular formula is C13H23N3O2. The molecule has 2 fully saturated rings. The zero-order valence-electron chi connectivity index (χ0n) is 11.5. The highest BCUT2D eigenvalue weighted by Crippen LogP contribution is 2.25. The molecule has 0 radical (unpaired) electrons. The average molecular weight is 253 g/mol. The molecule has 2 heterocycles. The summed E-state index contributed by atoms with van der Waals surface area (Å²) in [5.41, 5.74) is 5.80. The van der Waals surface area contributed by atoms with Crippen LogP contribution in [-0.4, -0.2) is 53.3 Å². The maximum atomic E-state index is 12.3. The average Bonchev–Trinajstić information content (AvgIpc) is 2.67. The number of amides is 2. The number of carbonyl (C=O) groups excluding carboxylic acids is 2. The van der Waals surface area contributed by atoms with Crippen molar-refractivity contribution in [1.29, 1.82) is 0 Å². The van der Waals surface area contributed by atoms with Crippen LogP contribution in [0.1, 0.15) is 33.6 Å². The number of hydrogen-bond donors (Lipinski definition) is 1. The van der Waals surface area contributed by atoms with Crippen molar-refractivity contribution in [3.05, 3.63) is 0 Å². The van der Waals surface area contributed by atoms with Gasteiger partial charge in [-0.05, 0) is 11.8 Å². The Morgan fingerprint density at radius 2 is 2.06 bits per heavy atom. The first kappa shape index (κ1) is 13.3. The number of carbonyl (C=O) groups is 2. The summed E-state index contributed by atoms with van der Waals surface area (Å²) in [7, 11) is 0. The zero-order valence-corrected chi connectivity index (χ0v) is 11.5. The van der Waals surface area contributed by atoms with E-state index in [1.54, 1.807) is 0 Å². The monoisotopic (exact) mass is 253 g/mol. The summed E-state index contributed by atoms with van der Waals surface area (Å²) in [5.74, 6) is 0.244. The maximum absolute atomic E-state index is 12.3. The van der Waals surface area contributed by atoms with E-state index in [9.17, 15) is 9.59 Å². The molecule has 2 saturated heterocycles. The molecule has 0 aromatic carbocycles. The first-order valence-electron chi connectivity index (χ1n) is 6.64. The van der Waals surface area contributed by atoms with Crippen LogP contribution in [0.3, 0.4) is 0 Å². The Balaban J connectivity index is 2.00. The molecule has 5 nitrogen and oxygen atoms in total. The molecule has 0 aromatic heterocycles. The SMILES string of the molecule is CC(C)(C)[C@@H](N)C(=O)N1CCN2C(=O)CCC2C1. The lowest BCUT2D eigenvalue weighted by Gasteiger charge is -2.40. The summed E-state index contributed by atoms with van der Waals surface area (Å²) in [6.45, 7) is 7.85. The van der Waals surface area contributed by atoms with E-state index in [4.69, 9.17) is 5.73 Å². The van der Waals surface area contributed by atoms with Crippen molar-refractivity contribution in [2.45, 2.75) is 45.7 Å². The van der Waals surface area contributed by atoms with E-state index < -0.39 is 6.04 Å². The van der Waals surface area contributed by atoms with Crippen LogP contribution < -0.4 is 5.73 Å². The van der Waals surface area contributed by atoms with Gasteiger partial charge in [-0.15, -0.1) is 0 Å². The number of rotatable bonds is 1. The molecule has 2 N–H and O–H groups in total. The molecule has 0 saturated carbocycles. The van der Waals surface area contributed by atoms with Gasteiger partial charge in [-0.25, -0.2) is 0 Å². The first-order valence-corrected chi connectivity index (χ1v) is 6.64. The van der Waals surface area contributed by atoms with Crippen LogP contribution in [0, 0.1) is 5.41 Å². The lowest BCUT2D eigenvalue weighted by molar-refractivity contribution is -0.141. The van der Waals surface area contributed by atoms with Crippen molar-refractivity contribution in [3.63, 3.8) is 0 Å². The number of piperazine rings is 1. The Kier molecular flexibility index (Phi) is 3.36. The third-order valence-corrected chi connectivity index (χ3v) is 4.01. The lowest BCUT2D eigenvalue weighted by Crippen LogP contribution is -2.58. The van der Waals surface area contributed by atoms with Crippen LogP contribution in [0.25, 0.3) is 0 Å². The number of nitrogens with two attached hydrogens (primary N) is 1. The van der Waals surface area contributed by atoms with E-state index in [1.807, 2.05) is 30.6 Å². The summed E-state index contributed by atoms with van der Waals surface area (Å²) in [4.78, 5) is 27.6. The van der Waals surface area contributed by atoms with E-state index in [1.165, 1.54) is 0 Å². The molecule has 2 aliphatic heterocycles. The van der Waals surface area contributed by atoms with Gasteiger partial charge in [0, 0.05) is 32.1 Å². The molecule has 0 spiro atoms. The molecule has 2 atom stereocenters. The highest BCUT2D eigenvalue weighted by atomic mass is 16.2. The molecule has 0 bridgehead atoms. The van der Waals surface area contributed by atoms with Gasteiger partial charge in [0.1, 0.15) is 0 Å². The highest BCUT2D eigenvalue weighted by Gasteiger charge is 2.39. The maximum Gasteiger partial charge on any atom is 0.240 e. The van der Waals surface area contributed by atoms with Crippen molar-refractivity contribution >= 4 is 11.8 Å². The van der Waals surface area contributed by atoms with E-state index in [0.29, 0.717) is 26.1 Å². The summed E-state index contributed by atoms with van der Waals surface area (Å²) in [5, 5.41) is 0. The van der Waals surface area contributed by atoms with Gasteiger partial charge in [0.05, 0.1) is 6.04 Å². The van der Waals surface area contributed by atoms with Crippen LogP contribution >= 0.6 is 0 Å². The Bertz CT molecular complexity index is 362. The minimum Gasteiger partial charge on any atom is -0.337 e. The lowest BCUT2D eigenvalue weighted by atomic mass is 9.86. The topological polar surface area (TPSA) is 66.6 Å². The number of nitrogens with zero attached hydrogens (tertiary/aromatic N) is 2. The standard InChI is InChI=1S/C13H23N3O2/c1-13(2,3)11(14)12(18)15-6-7-16-9(8-15)4-5-10(16)17/h9,11H,4-8,14H2,1-3H3/t9?,11-/m0/s1. The largest absolute Gasteiger partial charge is 0.337 e. The van der Waals surface area contributed by atoms with Gasteiger partial charge in [-0.1, -0.05) is 20.8 Å². The van der Waals surface area contributed by atoms with E-state index in [2.05, 4.69) is 0 Å². The van der Waals surface area contributed by atoms with Gasteiger partial charge in [-0.2, -0.15) is 0 Å². The second-order valence-corrected chi connectivity index (χ2v) is 6.41.